The zero-order chi connectivity index (χ0) is 15.6. The molecule has 0 bridgehead atoms. The van der Waals surface area contributed by atoms with Crippen LogP contribution in [0.5, 0.6) is 0 Å². The summed E-state index contributed by atoms with van der Waals surface area (Å²) < 4.78 is 5.20. The summed E-state index contributed by atoms with van der Waals surface area (Å²) in [5.74, 6) is -1.83. The van der Waals surface area contributed by atoms with E-state index >= 15 is 0 Å². The molecule has 118 valence electrons. The number of urea groups is 1. The molecule has 2 heterocycles. The summed E-state index contributed by atoms with van der Waals surface area (Å²) in [5.41, 5.74) is 5.31. The van der Waals surface area contributed by atoms with E-state index < -0.39 is 23.8 Å². The van der Waals surface area contributed by atoms with Crippen molar-refractivity contribution in [3.63, 3.8) is 0 Å². The van der Waals surface area contributed by atoms with Gasteiger partial charge >= 0.3 is 12.0 Å². The maximum atomic E-state index is 12.6. The predicted octanol–water partition coefficient (Wildman–Crippen LogP) is -0.522. The zero-order valence-electron chi connectivity index (χ0n) is 12.0. The van der Waals surface area contributed by atoms with Gasteiger partial charge in [0, 0.05) is 19.1 Å². The van der Waals surface area contributed by atoms with Gasteiger partial charge in [0.1, 0.15) is 6.04 Å². The maximum absolute atomic E-state index is 12.6. The Morgan fingerprint density at radius 1 is 1.24 bits per heavy atom. The van der Waals surface area contributed by atoms with Gasteiger partial charge in [0.25, 0.3) is 0 Å². The van der Waals surface area contributed by atoms with Crippen molar-refractivity contribution in [3.05, 3.63) is 0 Å². The second kappa shape index (κ2) is 6.30. The van der Waals surface area contributed by atoms with Crippen molar-refractivity contribution in [2.24, 2.45) is 11.7 Å². The molecular formula is C13H21N3O5. The summed E-state index contributed by atoms with van der Waals surface area (Å²) in [6, 6.07) is -1.20. The van der Waals surface area contributed by atoms with Crippen LogP contribution in [-0.2, 0) is 14.3 Å². The molecular weight excluding hydrogens is 278 g/mol. The number of amides is 3. The number of piperidine rings is 1. The number of rotatable bonds is 2. The van der Waals surface area contributed by atoms with Gasteiger partial charge in [-0.3, -0.25) is 9.59 Å². The molecule has 0 aromatic carbocycles. The Kier molecular flexibility index (Phi) is 4.66. The van der Waals surface area contributed by atoms with E-state index in [0.717, 1.165) is 0 Å². The molecule has 21 heavy (non-hydrogen) atoms. The Morgan fingerprint density at radius 2 is 1.95 bits per heavy atom. The van der Waals surface area contributed by atoms with Gasteiger partial charge in [0.15, 0.2) is 0 Å². The summed E-state index contributed by atoms with van der Waals surface area (Å²) in [6.45, 7) is 3.00. The number of ether oxygens (including phenoxy) is 1. The lowest BCUT2D eigenvalue weighted by molar-refractivity contribution is -0.143. The summed E-state index contributed by atoms with van der Waals surface area (Å²) in [5, 5.41) is 9.05. The van der Waals surface area contributed by atoms with Crippen LogP contribution in [0.4, 0.5) is 4.79 Å². The van der Waals surface area contributed by atoms with Crippen molar-refractivity contribution in [2.75, 3.05) is 26.3 Å². The Hall–Kier alpha value is -1.83. The normalized spacial score (nSPS) is 30.0. The quantitative estimate of drug-likeness (QED) is 0.712. The highest BCUT2D eigenvalue weighted by Gasteiger charge is 2.38. The van der Waals surface area contributed by atoms with Crippen molar-refractivity contribution < 1.29 is 24.2 Å². The highest BCUT2D eigenvalue weighted by Crippen LogP contribution is 2.25. The lowest BCUT2D eigenvalue weighted by Crippen LogP contribution is -2.60. The van der Waals surface area contributed by atoms with E-state index in [1.165, 1.54) is 4.90 Å². The Morgan fingerprint density at radius 3 is 2.52 bits per heavy atom. The molecule has 3 atom stereocenters. The van der Waals surface area contributed by atoms with E-state index in [9.17, 15) is 14.4 Å². The van der Waals surface area contributed by atoms with Crippen LogP contribution in [0.1, 0.15) is 19.8 Å². The lowest BCUT2D eigenvalue weighted by atomic mass is 9.92. The molecule has 0 aliphatic carbocycles. The molecule has 2 fully saturated rings. The lowest BCUT2D eigenvalue weighted by Gasteiger charge is -2.42. The third kappa shape index (κ3) is 3.26. The zero-order valence-corrected chi connectivity index (χ0v) is 12.0. The van der Waals surface area contributed by atoms with E-state index in [0.29, 0.717) is 32.5 Å². The molecule has 2 rings (SSSR count). The molecule has 2 aliphatic rings. The number of carbonyl (C=O) groups excluding carboxylic acids is 2. The molecule has 0 radical (unpaired) electrons. The second-order valence-electron chi connectivity index (χ2n) is 5.57. The smallest absolute Gasteiger partial charge is 0.321 e. The van der Waals surface area contributed by atoms with E-state index in [-0.39, 0.29) is 18.7 Å². The predicted molar refractivity (Wildman–Crippen MR) is 72.4 cm³/mol. The van der Waals surface area contributed by atoms with E-state index in [2.05, 4.69) is 0 Å². The number of hydrogen-bond acceptors (Lipinski definition) is 4. The first kappa shape index (κ1) is 15.6. The average molecular weight is 299 g/mol. The first-order valence-corrected chi connectivity index (χ1v) is 7.09. The Labute approximate surface area is 122 Å². The molecule has 8 nitrogen and oxygen atoms in total. The molecule has 0 saturated carbocycles. The van der Waals surface area contributed by atoms with E-state index in [4.69, 9.17) is 15.6 Å². The van der Waals surface area contributed by atoms with Gasteiger partial charge in [-0.2, -0.15) is 0 Å². The number of hydrogen-bond donors (Lipinski definition) is 2. The minimum absolute atomic E-state index is 0.112. The number of nitrogens with two attached hydrogens (primary N) is 1. The fourth-order valence-electron chi connectivity index (χ4n) is 2.91. The van der Waals surface area contributed by atoms with Gasteiger partial charge in [-0.15, -0.1) is 0 Å². The highest BCUT2D eigenvalue weighted by atomic mass is 16.5. The maximum Gasteiger partial charge on any atom is 0.321 e. The van der Waals surface area contributed by atoms with E-state index in [1.54, 1.807) is 4.90 Å². The number of carboxylic acids is 1. The van der Waals surface area contributed by atoms with Crippen LogP contribution in [0.15, 0.2) is 0 Å². The molecule has 0 spiro atoms. The number of carboxylic acid groups (broad SMARTS) is 1. The van der Waals surface area contributed by atoms with Gasteiger partial charge in [-0.1, -0.05) is 0 Å². The minimum atomic E-state index is -0.824. The molecule has 8 heteroatoms. The first-order chi connectivity index (χ1) is 9.91. The largest absolute Gasteiger partial charge is 0.481 e. The Balaban J connectivity index is 2.05. The van der Waals surface area contributed by atoms with Gasteiger partial charge < -0.3 is 25.4 Å². The van der Waals surface area contributed by atoms with Crippen molar-refractivity contribution >= 4 is 17.9 Å². The van der Waals surface area contributed by atoms with Crippen LogP contribution in [0, 0.1) is 5.92 Å². The topological polar surface area (TPSA) is 113 Å². The van der Waals surface area contributed by atoms with Crippen LogP contribution >= 0.6 is 0 Å². The number of carbonyl (C=O) groups is 3. The molecule has 3 N–H and O–H groups in total. The number of primary amides is 1. The third-order valence-corrected chi connectivity index (χ3v) is 4.17. The fraction of sp³-hybridized carbons (Fsp3) is 0.769. The van der Waals surface area contributed by atoms with Crippen LogP contribution in [0.3, 0.4) is 0 Å². The fourth-order valence-corrected chi connectivity index (χ4v) is 2.91. The summed E-state index contributed by atoms with van der Waals surface area (Å²) in [7, 11) is 0. The second-order valence-corrected chi connectivity index (χ2v) is 5.57. The molecule has 0 aromatic rings. The number of likely N-dealkylation sites (tertiary alicyclic amines) is 1. The van der Waals surface area contributed by atoms with Gasteiger partial charge in [0.05, 0.1) is 19.1 Å². The van der Waals surface area contributed by atoms with Crippen molar-refractivity contribution in [3.8, 4) is 0 Å². The monoisotopic (exact) mass is 299 g/mol. The van der Waals surface area contributed by atoms with Crippen LogP contribution in [0.25, 0.3) is 0 Å². The number of morpholine rings is 1. The van der Waals surface area contributed by atoms with Crippen molar-refractivity contribution in [2.45, 2.75) is 31.8 Å². The molecule has 2 saturated heterocycles. The standard InChI is InChI=1S/C13H21N3O5/c1-8-6-9(12(18)19)2-3-15(8)13(20)16-4-5-21-7-10(16)11(14)17/h8-10H,2-7H2,1H3,(H2,14,17)(H,18,19). The first-order valence-electron chi connectivity index (χ1n) is 7.09. The van der Waals surface area contributed by atoms with Crippen LogP contribution in [0.2, 0.25) is 0 Å². The van der Waals surface area contributed by atoms with Crippen molar-refractivity contribution in [1.82, 2.24) is 9.80 Å². The number of nitrogens with zero attached hydrogens (tertiary/aromatic N) is 2. The average Bonchev–Trinajstić information content (AvgIpc) is 2.46. The highest BCUT2D eigenvalue weighted by molar-refractivity contribution is 5.86. The SMILES string of the molecule is CC1CC(C(=O)O)CCN1C(=O)N1CCOCC1C(N)=O. The summed E-state index contributed by atoms with van der Waals surface area (Å²) >= 11 is 0. The summed E-state index contributed by atoms with van der Waals surface area (Å²) in [4.78, 5) is 38.1. The van der Waals surface area contributed by atoms with E-state index in [1.807, 2.05) is 6.92 Å². The van der Waals surface area contributed by atoms with Crippen LogP contribution < -0.4 is 5.73 Å². The molecule has 2 aliphatic heterocycles. The third-order valence-electron chi connectivity index (χ3n) is 4.17. The summed E-state index contributed by atoms with van der Waals surface area (Å²) in [6.07, 6.45) is 0.851. The van der Waals surface area contributed by atoms with Crippen molar-refractivity contribution in [1.29, 1.82) is 0 Å². The number of aliphatic carboxylic acids is 1. The minimum Gasteiger partial charge on any atom is -0.481 e. The van der Waals surface area contributed by atoms with Crippen LogP contribution in [-0.4, -0.2) is 71.2 Å². The Bertz CT molecular complexity index is 442. The van der Waals surface area contributed by atoms with Gasteiger partial charge in [-0.25, -0.2) is 4.79 Å². The molecule has 3 amide bonds. The van der Waals surface area contributed by atoms with Gasteiger partial charge in [-0.05, 0) is 19.8 Å². The van der Waals surface area contributed by atoms with Gasteiger partial charge in [0.2, 0.25) is 5.91 Å². The molecule has 3 unspecified atom stereocenters. The molecule has 0 aromatic heterocycles.